The van der Waals surface area contributed by atoms with Crippen LogP contribution in [0.1, 0.15) is 24.9 Å². The van der Waals surface area contributed by atoms with E-state index in [1.807, 2.05) is 12.1 Å². The van der Waals surface area contributed by atoms with Crippen LogP contribution in [0.25, 0.3) is 0 Å². The van der Waals surface area contributed by atoms with Gasteiger partial charge in [0.25, 0.3) is 0 Å². The highest BCUT2D eigenvalue weighted by Gasteiger charge is 2.06. The van der Waals surface area contributed by atoms with Gasteiger partial charge in [0.15, 0.2) is 0 Å². The molecule has 3 heteroatoms. The van der Waals surface area contributed by atoms with Crippen molar-refractivity contribution in [3.8, 4) is 0 Å². The van der Waals surface area contributed by atoms with Gasteiger partial charge in [-0.25, -0.2) is 4.98 Å². The van der Waals surface area contributed by atoms with Gasteiger partial charge in [0.2, 0.25) is 0 Å². The van der Waals surface area contributed by atoms with Gasteiger partial charge < -0.3 is 5.73 Å². The molecule has 0 aromatic carbocycles. The Morgan fingerprint density at radius 3 is 3.00 bits per heavy atom. The predicted molar refractivity (Wildman–Crippen MR) is 49.2 cm³/mol. The Morgan fingerprint density at radius 1 is 1.73 bits per heavy atom. The molecule has 0 amide bonds. The molecule has 2 nitrogen and oxygen atoms in total. The Labute approximate surface area is 75.0 Å². The zero-order valence-electron chi connectivity index (χ0n) is 6.42. The van der Waals surface area contributed by atoms with Gasteiger partial charge in [0.1, 0.15) is 4.60 Å². The molecule has 1 rings (SSSR count). The van der Waals surface area contributed by atoms with Crippen LogP contribution < -0.4 is 5.73 Å². The number of hydrogen-bond acceptors (Lipinski definition) is 2. The molecule has 1 aromatic rings. The maximum atomic E-state index is 5.83. The van der Waals surface area contributed by atoms with E-state index in [0.717, 1.165) is 16.6 Å². The highest BCUT2D eigenvalue weighted by atomic mass is 79.9. The van der Waals surface area contributed by atoms with E-state index in [1.54, 1.807) is 6.20 Å². The highest BCUT2D eigenvalue weighted by molar-refractivity contribution is 9.10. The second-order valence-corrected chi connectivity index (χ2v) is 3.15. The average molecular weight is 215 g/mol. The van der Waals surface area contributed by atoms with Crippen LogP contribution in [0, 0.1) is 0 Å². The van der Waals surface area contributed by atoms with Crippen molar-refractivity contribution in [3.63, 3.8) is 0 Å². The summed E-state index contributed by atoms with van der Waals surface area (Å²) in [7, 11) is 0. The summed E-state index contributed by atoms with van der Waals surface area (Å²) in [6.07, 6.45) is 2.68. The summed E-state index contributed by atoms with van der Waals surface area (Å²) < 4.78 is 0.856. The topological polar surface area (TPSA) is 38.9 Å². The van der Waals surface area contributed by atoms with Crippen LogP contribution in [-0.4, -0.2) is 4.98 Å². The molecule has 0 bridgehead atoms. The molecule has 1 aromatic heterocycles. The lowest BCUT2D eigenvalue weighted by Crippen LogP contribution is -2.09. The number of hydrogen-bond donors (Lipinski definition) is 1. The van der Waals surface area contributed by atoms with Gasteiger partial charge in [0, 0.05) is 17.8 Å². The van der Waals surface area contributed by atoms with E-state index in [4.69, 9.17) is 5.73 Å². The SMILES string of the molecule is CC[C@H](N)c1cccnc1Br. The van der Waals surface area contributed by atoms with Gasteiger partial charge in [0.05, 0.1) is 0 Å². The standard InChI is InChI=1S/C8H11BrN2/c1-2-7(10)6-4-3-5-11-8(6)9/h3-5,7H,2,10H2,1H3/t7-/m0/s1. The number of aromatic nitrogens is 1. The van der Waals surface area contributed by atoms with Crippen LogP contribution in [0.15, 0.2) is 22.9 Å². The summed E-state index contributed by atoms with van der Waals surface area (Å²) >= 11 is 3.35. The minimum atomic E-state index is 0.0954. The lowest BCUT2D eigenvalue weighted by Gasteiger charge is -2.09. The smallest absolute Gasteiger partial charge is 0.110 e. The van der Waals surface area contributed by atoms with Crippen LogP contribution in [0.5, 0.6) is 0 Å². The minimum Gasteiger partial charge on any atom is -0.324 e. The lowest BCUT2D eigenvalue weighted by atomic mass is 10.1. The molecule has 0 aliphatic heterocycles. The molecule has 1 atom stereocenters. The molecule has 0 saturated heterocycles. The Hall–Kier alpha value is -0.410. The van der Waals surface area contributed by atoms with E-state index in [0.29, 0.717) is 0 Å². The Morgan fingerprint density at radius 2 is 2.45 bits per heavy atom. The fourth-order valence-corrected chi connectivity index (χ4v) is 1.44. The zero-order valence-corrected chi connectivity index (χ0v) is 8.01. The van der Waals surface area contributed by atoms with Crippen LogP contribution in [0.2, 0.25) is 0 Å². The van der Waals surface area contributed by atoms with E-state index in [2.05, 4.69) is 27.8 Å². The first kappa shape index (κ1) is 8.68. The first-order valence-electron chi connectivity index (χ1n) is 3.61. The van der Waals surface area contributed by atoms with Crippen LogP contribution >= 0.6 is 15.9 Å². The molecule has 11 heavy (non-hydrogen) atoms. The van der Waals surface area contributed by atoms with E-state index in [9.17, 15) is 0 Å². The fourth-order valence-electron chi connectivity index (χ4n) is 0.895. The number of halogens is 1. The maximum absolute atomic E-state index is 5.83. The van der Waals surface area contributed by atoms with E-state index in [1.165, 1.54) is 0 Å². The van der Waals surface area contributed by atoms with Crippen molar-refractivity contribution in [1.29, 1.82) is 0 Å². The lowest BCUT2D eigenvalue weighted by molar-refractivity contribution is 0.691. The molecule has 0 fully saturated rings. The summed E-state index contributed by atoms with van der Waals surface area (Å²) in [5.41, 5.74) is 6.90. The van der Waals surface area contributed by atoms with Crippen molar-refractivity contribution in [2.45, 2.75) is 19.4 Å². The van der Waals surface area contributed by atoms with Gasteiger partial charge in [-0.05, 0) is 28.4 Å². The molecule has 0 aliphatic carbocycles. The van der Waals surface area contributed by atoms with E-state index >= 15 is 0 Å². The Kier molecular flexibility index (Phi) is 3.02. The van der Waals surface area contributed by atoms with Gasteiger partial charge >= 0.3 is 0 Å². The highest BCUT2D eigenvalue weighted by Crippen LogP contribution is 2.20. The van der Waals surface area contributed by atoms with Crippen molar-refractivity contribution in [3.05, 3.63) is 28.5 Å². The normalized spacial score (nSPS) is 13.0. The Bertz CT molecular complexity index is 237. The second-order valence-electron chi connectivity index (χ2n) is 2.40. The summed E-state index contributed by atoms with van der Waals surface area (Å²) in [5, 5.41) is 0. The fraction of sp³-hybridized carbons (Fsp3) is 0.375. The van der Waals surface area contributed by atoms with Crippen LogP contribution in [-0.2, 0) is 0 Å². The quantitative estimate of drug-likeness (QED) is 0.768. The molecule has 0 unspecified atom stereocenters. The molecule has 2 N–H and O–H groups in total. The second kappa shape index (κ2) is 3.83. The van der Waals surface area contributed by atoms with Gasteiger partial charge in [-0.15, -0.1) is 0 Å². The van der Waals surface area contributed by atoms with Gasteiger partial charge in [-0.2, -0.15) is 0 Å². The summed E-state index contributed by atoms with van der Waals surface area (Å²) in [6.45, 7) is 2.06. The Balaban J connectivity index is 2.93. The predicted octanol–water partition coefficient (Wildman–Crippen LogP) is 2.25. The molecule has 60 valence electrons. The van der Waals surface area contributed by atoms with Crippen molar-refractivity contribution >= 4 is 15.9 Å². The first-order chi connectivity index (χ1) is 5.25. The molecule has 1 heterocycles. The van der Waals surface area contributed by atoms with Crippen molar-refractivity contribution < 1.29 is 0 Å². The molecule has 0 saturated carbocycles. The third-order valence-corrected chi connectivity index (χ3v) is 2.29. The number of nitrogens with two attached hydrogens (primary N) is 1. The van der Waals surface area contributed by atoms with E-state index < -0.39 is 0 Å². The average Bonchev–Trinajstić information content (AvgIpc) is 2.04. The first-order valence-corrected chi connectivity index (χ1v) is 4.41. The van der Waals surface area contributed by atoms with Gasteiger partial charge in [-0.1, -0.05) is 13.0 Å². The van der Waals surface area contributed by atoms with Crippen molar-refractivity contribution in [2.24, 2.45) is 5.73 Å². The van der Waals surface area contributed by atoms with Gasteiger partial charge in [-0.3, -0.25) is 0 Å². The monoisotopic (exact) mass is 214 g/mol. The largest absolute Gasteiger partial charge is 0.324 e. The third-order valence-electron chi connectivity index (χ3n) is 1.63. The van der Waals surface area contributed by atoms with E-state index in [-0.39, 0.29) is 6.04 Å². The minimum absolute atomic E-state index is 0.0954. The number of pyridine rings is 1. The zero-order chi connectivity index (χ0) is 8.27. The molecule has 0 spiro atoms. The maximum Gasteiger partial charge on any atom is 0.110 e. The summed E-state index contributed by atoms with van der Waals surface area (Å²) in [6, 6.07) is 3.99. The molecular weight excluding hydrogens is 204 g/mol. The summed E-state index contributed by atoms with van der Waals surface area (Å²) in [5.74, 6) is 0. The van der Waals surface area contributed by atoms with Crippen LogP contribution in [0.4, 0.5) is 0 Å². The molecule has 0 aliphatic rings. The molecular formula is C8H11BrN2. The summed E-state index contributed by atoms with van der Waals surface area (Å²) in [4.78, 5) is 4.08. The number of nitrogens with zero attached hydrogens (tertiary/aromatic N) is 1. The molecule has 0 radical (unpaired) electrons. The van der Waals surface area contributed by atoms with Crippen molar-refractivity contribution in [2.75, 3.05) is 0 Å². The number of rotatable bonds is 2. The third kappa shape index (κ3) is 2.01. The van der Waals surface area contributed by atoms with Crippen LogP contribution in [0.3, 0.4) is 0 Å². The van der Waals surface area contributed by atoms with Crippen molar-refractivity contribution in [1.82, 2.24) is 4.98 Å².